The minimum atomic E-state index is -3.16. The molecule has 2 heterocycles. The summed E-state index contributed by atoms with van der Waals surface area (Å²) in [6.07, 6.45) is 4.70. The molecular formula is C13H26N2O3S. The van der Waals surface area contributed by atoms with Crippen molar-refractivity contribution in [3.8, 4) is 0 Å². The van der Waals surface area contributed by atoms with Crippen molar-refractivity contribution >= 4 is 10.0 Å². The molecule has 2 atom stereocenters. The molecule has 2 aliphatic heterocycles. The number of fused-ring (bicyclic) bond motifs is 1. The predicted octanol–water partition coefficient (Wildman–Crippen LogP) is 0.647. The van der Waals surface area contributed by atoms with Gasteiger partial charge in [-0.25, -0.2) is 8.42 Å². The van der Waals surface area contributed by atoms with Gasteiger partial charge >= 0.3 is 0 Å². The highest BCUT2D eigenvalue weighted by atomic mass is 32.2. The van der Waals surface area contributed by atoms with E-state index in [1.165, 1.54) is 12.8 Å². The van der Waals surface area contributed by atoms with Gasteiger partial charge in [-0.1, -0.05) is 6.42 Å². The van der Waals surface area contributed by atoms with Gasteiger partial charge in [-0.05, 0) is 39.2 Å². The number of aliphatic hydroxyl groups is 1. The number of piperazine rings is 1. The second kappa shape index (κ2) is 6.52. The van der Waals surface area contributed by atoms with E-state index in [1.54, 1.807) is 4.31 Å². The third kappa shape index (κ3) is 3.68. The first-order valence-electron chi connectivity index (χ1n) is 7.39. The Balaban J connectivity index is 1.98. The van der Waals surface area contributed by atoms with E-state index in [0.717, 1.165) is 19.5 Å². The van der Waals surface area contributed by atoms with Gasteiger partial charge in [0.1, 0.15) is 0 Å². The number of piperidine rings is 1. The molecule has 2 rings (SSSR count). The minimum Gasteiger partial charge on any atom is -0.396 e. The van der Waals surface area contributed by atoms with Gasteiger partial charge in [-0.3, -0.25) is 4.90 Å². The van der Waals surface area contributed by atoms with Crippen LogP contribution in [0, 0.1) is 0 Å². The Morgan fingerprint density at radius 2 is 2.00 bits per heavy atom. The number of rotatable bonds is 5. The average Bonchev–Trinajstić information content (AvgIpc) is 2.38. The quantitative estimate of drug-likeness (QED) is 0.755. The van der Waals surface area contributed by atoms with Crippen molar-refractivity contribution < 1.29 is 13.5 Å². The predicted molar refractivity (Wildman–Crippen MR) is 75.5 cm³/mol. The lowest BCUT2D eigenvalue weighted by Gasteiger charge is -2.46. The third-order valence-corrected chi connectivity index (χ3v) is 6.33. The molecule has 112 valence electrons. The molecule has 0 spiro atoms. The van der Waals surface area contributed by atoms with E-state index >= 15 is 0 Å². The van der Waals surface area contributed by atoms with E-state index < -0.39 is 10.0 Å². The summed E-state index contributed by atoms with van der Waals surface area (Å²) in [5.74, 6) is 0.171. The van der Waals surface area contributed by atoms with Crippen molar-refractivity contribution in [2.24, 2.45) is 0 Å². The van der Waals surface area contributed by atoms with E-state index in [1.807, 2.05) is 6.92 Å². The lowest BCUT2D eigenvalue weighted by molar-refractivity contribution is 0.0564. The zero-order valence-corrected chi connectivity index (χ0v) is 12.6. The van der Waals surface area contributed by atoms with Crippen LogP contribution in [0.2, 0.25) is 0 Å². The molecule has 0 amide bonds. The maximum absolute atomic E-state index is 12.4. The van der Waals surface area contributed by atoms with Crippen LogP contribution in [0.1, 0.15) is 39.0 Å². The number of hydrogen-bond donors (Lipinski definition) is 1. The van der Waals surface area contributed by atoms with E-state index in [9.17, 15) is 8.42 Å². The maximum atomic E-state index is 12.4. The molecule has 6 heteroatoms. The average molecular weight is 290 g/mol. The molecule has 0 aliphatic carbocycles. The van der Waals surface area contributed by atoms with Crippen LogP contribution in [-0.2, 0) is 10.0 Å². The first-order chi connectivity index (χ1) is 9.04. The molecule has 2 fully saturated rings. The summed E-state index contributed by atoms with van der Waals surface area (Å²) in [4.78, 5) is 2.45. The normalized spacial score (nSPS) is 30.2. The van der Waals surface area contributed by atoms with Crippen LogP contribution in [0.25, 0.3) is 0 Å². The van der Waals surface area contributed by atoms with Crippen LogP contribution < -0.4 is 0 Å². The number of aliphatic hydroxyl groups excluding tert-OH is 1. The topological polar surface area (TPSA) is 60.9 Å². The Kier molecular flexibility index (Phi) is 5.22. The van der Waals surface area contributed by atoms with Crippen molar-refractivity contribution in [3.63, 3.8) is 0 Å². The van der Waals surface area contributed by atoms with Crippen LogP contribution in [-0.4, -0.2) is 66.8 Å². The monoisotopic (exact) mass is 290 g/mol. The van der Waals surface area contributed by atoms with Crippen molar-refractivity contribution in [2.45, 2.75) is 51.1 Å². The van der Waals surface area contributed by atoms with Gasteiger partial charge in [-0.2, -0.15) is 4.31 Å². The molecule has 0 saturated carbocycles. The largest absolute Gasteiger partial charge is 0.396 e. The molecule has 19 heavy (non-hydrogen) atoms. The summed E-state index contributed by atoms with van der Waals surface area (Å²) in [7, 11) is -3.16. The van der Waals surface area contributed by atoms with Crippen molar-refractivity contribution in [2.75, 3.05) is 32.0 Å². The first kappa shape index (κ1) is 15.2. The highest BCUT2D eigenvalue weighted by Gasteiger charge is 2.38. The Hall–Kier alpha value is -0.170. The first-order valence-corrected chi connectivity index (χ1v) is 9.00. The SMILES string of the molecule is CC1CN2CCCCC2CN1S(=O)(=O)CCCCO. The van der Waals surface area contributed by atoms with Gasteiger partial charge in [0, 0.05) is 31.8 Å². The standard InChI is InChI=1S/C13H26N2O3S/c1-12-10-14-7-3-2-6-13(14)11-15(12)19(17,18)9-5-4-8-16/h12-13,16H,2-11H2,1H3. The maximum Gasteiger partial charge on any atom is 0.214 e. The Morgan fingerprint density at radius 1 is 1.21 bits per heavy atom. The lowest BCUT2D eigenvalue weighted by Crippen LogP contribution is -2.60. The molecule has 0 bridgehead atoms. The van der Waals surface area contributed by atoms with Crippen LogP contribution >= 0.6 is 0 Å². The van der Waals surface area contributed by atoms with Gasteiger partial charge in [0.25, 0.3) is 0 Å². The third-order valence-electron chi connectivity index (χ3n) is 4.30. The van der Waals surface area contributed by atoms with Crippen molar-refractivity contribution in [1.82, 2.24) is 9.21 Å². The summed E-state index contributed by atoms with van der Waals surface area (Å²) < 4.78 is 26.4. The van der Waals surface area contributed by atoms with Gasteiger partial charge in [0.15, 0.2) is 0 Å². The zero-order chi connectivity index (χ0) is 13.9. The van der Waals surface area contributed by atoms with Gasteiger partial charge in [0.05, 0.1) is 5.75 Å². The highest BCUT2D eigenvalue weighted by Crippen LogP contribution is 2.26. The number of hydrogen-bond acceptors (Lipinski definition) is 4. The van der Waals surface area contributed by atoms with Crippen molar-refractivity contribution in [1.29, 1.82) is 0 Å². The van der Waals surface area contributed by atoms with Gasteiger partial charge < -0.3 is 5.11 Å². The number of nitrogens with zero attached hydrogens (tertiary/aromatic N) is 2. The molecule has 0 aromatic heterocycles. The highest BCUT2D eigenvalue weighted by molar-refractivity contribution is 7.89. The molecule has 0 radical (unpaired) electrons. The summed E-state index contributed by atoms with van der Waals surface area (Å²) in [5, 5.41) is 8.76. The molecule has 2 unspecified atom stereocenters. The van der Waals surface area contributed by atoms with E-state index in [4.69, 9.17) is 5.11 Å². The van der Waals surface area contributed by atoms with E-state index in [-0.39, 0.29) is 18.4 Å². The molecule has 2 aliphatic rings. The molecule has 0 aromatic rings. The lowest BCUT2D eigenvalue weighted by atomic mass is 9.99. The molecule has 1 N–H and O–H groups in total. The van der Waals surface area contributed by atoms with Crippen molar-refractivity contribution in [3.05, 3.63) is 0 Å². The minimum absolute atomic E-state index is 0.0709. The number of sulfonamides is 1. The Bertz CT molecular complexity index is 385. The van der Waals surface area contributed by atoms with E-state index in [0.29, 0.717) is 25.4 Å². The Labute approximate surface area is 116 Å². The van der Waals surface area contributed by atoms with Crippen LogP contribution in [0.3, 0.4) is 0 Å². The molecular weight excluding hydrogens is 264 g/mol. The molecule has 2 saturated heterocycles. The second-order valence-corrected chi connectivity index (χ2v) is 7.85. The van der Waals surface area contributed by atoms with Gasteiger partial charge in [0.2, 0.25) is 10.0 Å². The van der Waals surface area contributed by atoms with Crippen LogP contribution in [0.4, 0.5) is 0 Å². The fourth-order valence-corrected chi connectivity index (χ4v) is 5.04. The van der Waals surface area contributed by atoms with Crippen LogP contribution in [0.5, 0.6) is 0 Å². The summed E-state index contributed by atoms with van der Waals surface area (Å²) in [5.41, 5.74) is 0. The second-order valence-electron chi connectivity index (χ2n) is 5.81. The molecule has 0 aromatic carbocycles. The summed E-state index contributed by atoms with van der Waals surface area (Å²) in [6.45, 7) is 4.72. The fraction of sp³-hybridized carbons (Fsp3) is 1.00. The smallest absolute Gasteiger partial charge is 0.214 e. The zero-order valence-electron chi connectivity index (χ0n) is 11.8. The summed E-state index contributed by atoms with van der Waals surface area (Å²) >= 11 is 0. The summed E-state index contributed by atoms with van der Waals surface area (Å²) in [6, 6.07) is 0.492. The molecule has 5 nitrogen and oxygen atoms in total. The fourth-order valence-electron chi connectivity index (χ4n) is 3.23. The Morgan fingerprint density at radius 3 is 2.74 bits per heavy atom. The number of unbranched alkanes of at least 4 members (excludes halogenated alkanes) is 1. The van der Waals surface area contributed by atoms with E-state index in [2.05, 4.69) is 4.90 Å². The van der Waals surface area contributed by atoms with Gasteiger partial charge in [-0.15, -0.1) is 0 Å². The van der Waals surface area contributed by atoms with Crippen LogP contribution in [0.15, 0.2) is 0 Å².